The van der Waals surface area contributed by atoms with Gasteiger partial charge in [-0.25, -0.2) is 4.79 Å². The maximum Gasteiger partial charge on any atom is 0.362 e. The van der Waals surface area contributed by atoms with Crippen LogP contribution in [-0.4, -0.2) is 17.8 Å². The maximum absolute atomic E-state index is 12.4. The summed E-state index contributed by atoms with van der Waals surface area (Å²) in [5.41, 5.74) is 0.818. The van der Waals surface area contributed by atoms with Crippen molar-refractivity contribution in [2.45, 2.75) is 25.3 Å². The molecule has 1 atom stereocenters. The van der Waals surface area contributed by atoms with Crippen LogP contribution in [-0.2, 0) is 6.42 Å². The van der Waals surface area contributed by atoms with Gasteiger partial charge < -0.3 is 15.2 Å². The van der Waals surface area contributed by atoms with Crippen LogP contribution in [0.25, 0.3) is 0 Å². The number of aryl methyl sites for hydroxylation is 1. The molecule has 0 fully saturated rings. The molecule has 0 bridgehead atoms. The lowest BCUT2D eigenvalue weighted by atomic mass is 9.94. The van der Waals surface area contributed by atoms with Crippen molar-refractivity contribution in [1.82, 2.24) is 10.1 Å². The smallest absolute Gasteiger partial charge is 0.362 e. The fraction of sp³-hybridized carbons (Fsp3) is 0.333. The van der Waals surface area contributed by atoms with Gasteiger partial charge >= 0.3 is 6.03 Å². The molecule has 0 saturated carbocycles. The second-order valence-corrected chi connectivity index (χ2v) is 5.06. The molecular formula is C15H17N3O3. The van der Waals surface area contributed by atoms with Crippen LogP contribution >= 0.6 is 0 Å². The van der Waals surface area contributed by atoms with E-state index in [-0.39, 0.29) is 11.6 Å². The number of hydrogen-bond donors (Lipinski definition) is 2. The first-order valence-electron chi connectivity index (χ1n) is 6.99. The van der Waals surface area contributed by atoms with Crippen molar-refractivity contribution < 1.29 is 9.32 Å². The molecule has 1 aromatic heterocycles. The lowest BCUT2D eigenvalue weighted by molar-refractivity contribution is 0.215. The average Bonchev–Trinajstić information content (AvgIpc) is 2.86. The topological polar surface area (TPSA) is 76.3 Å². The summed E-state index contributed by atoms with van der Waals surface area (Å²) >= 11 is 0. The molecule has 0 radical (unpaired) electrons. The van der Waals surface area contributed by atoms with Crippen molar-refractivity contribution in [3.63, 3.8) is 0 Å². The minimum atomic E-state index is -0.574. The van der Waals surface area contributed by atoms with E-state index in [1.165, 1.54) is 0 Å². The normalized spacial score (nSPS) is 17.3. The number of nitrogens with zero attached hydrogens (tertiary/aromatic N) is 1. The Labute approximate surface area is 121 Å². The number of rotatable bonds is 2. The molecule has 2 aromatic rings. The van der Waals surface area contributed by atoms with Crippen LogP contribution in [0.15, 0.2) is 39.6 Å². The highest BCUT2D eigenvalue weighted by atomic mass is 16.5. The zero-order chi connectivity index (χ0) is 14.8. The molecule has 1 aromatic carbocycles. The summed E-state index contributed by atoms with van der Waals surface area (Å²) < 4.78 is 6.27. The van der Waals surface area contributed by atoms with Gasteiger partial charge in [0.2, 0.25) is 0 Å². The number of benzene rings is 1. The second kappa shape index (κ2) is 5.57. The van der Waals surface area contributed by atoms with Gasteiger partial charge in [-0.1, -0.05) is 22.9 Å². The highest BCUT2D eigenvalue weighted by Gasteiger charge is 2.29. The fourth-order valence-corrected chi connectivity index (χ4v) is 2.68. The van der Waals surface area contributed by atoms with Crippen molar-refractivity contribution in [2.75, 3.05) is 12.4 Å². The van der Waals surface area contributed by atoms with Crippen LogP contribution < -0.4 is 16.2 Å². The predicted octanol–water partition coefficient (Wildman–Crippen LogP) is 2.12. The molecular weight excluding hydrogens is 270 g/mol. The Bertz CT molecular complexity index is 703. The van der Waals surface area contributed by atoms with E-state index in [9.17, 15) is 9.59 Å². The van der Waals surface area contributed by atoms with E-state index in [1.54, 1.807) is 19.2 Å². The quantitative estimate of drug-likeness (QED) is 0.887. The van der Waals surface area contributed by atoms with Crippen molar-refractivity contribution in [3.05, 3.63) is 52.0 Å². The SMILES string of the molecule is CN[C@@H]1CCCc2on(C(=O)Nc3ccccc3)c(=O)c21. The minimum Gasteiger partial charge on any atom is -0.371 e. The maximum atomic E-state index is 12.4. The van der Waals surface area contributed by atoms with Gasteiger partial charge in [0, 0.05) is 18.2 Å². The Morgan fingerprint density at radius 1 is 1.33 bits per heavy atom. The molecule has 0 spiro atoms. The minimum absolute atomic E-state index is 0.0456. The lowest BCUT2D eigenvalue weighted by Crippen LogP contribution is -2.32. The molecule has 6 heteroatoms. The van der Waals surface area contributed by atoms with Crippen LogP contribution in [0, 0.1) is 0 Å². The van der Waals surface area contributed by atoms with Gasteiger partial charge in [-0.3, -0.25) is 4.79 Å². The van der Waals surface area contributed by atoms with Gasteiger partial charge in [0.1, 0.15) is 5.76 Å². The zero-order valence-electron chi connectivity index (χ0n) is 11.8. The number of aromatic nitrogens is 1. The number of nitrogens with one attached hydrogen (secondary N) is 2. The summed E-state index contributed by atoms with van der Waals surface area (Å²) in [6, 6.07) is 8.35. The zero-order valence-corrected chi connectivity index (χ0v) is 11.8. The molecule has 1 aliphatic rings. The van der Waals surface area contributed by atoms with Gasteiger partial charge in [0.05, 0.1) is 5.56 Å². The monoisotopic (exact) mass is 287 g/mol. The fourth-order valence-electron chi connectivity index (χ4n) is 2.68. The standard InChI is InChI=1S/C15H17N3O3/c1-16-11-8-5-9-12-13(11)14(19)18(21-12)15(20)17-10-6-3-2-4-7-10/h2-4,6-7,11,16H,5,8-9H2,1H3,(H,17,20)/t11-/m1/s1. The molecule has 1 amide bonds. The molecule has 1 aliphatic carbocycles. The number of carbonyl (C=O) groups excluding carboxylic acids is 1. The highest BCUT2D eigenvalue weighted by molar-refractivity contribution is 5.90. The summed E-state index contributed by atoms with van der Waals surface area (Å²) in [7, 11) is 1.81. The molecule has 2 N–H and O–H groups in total. The Hall–Kier alpha value is -2.34. The largest absolute Gasteiger partial charge is 0.371 e. The van der Waals surface area contributed by atoms with Gasteiger partial charge in [0.15, 0.2) is 0 Å². The molecule has 6 nitrogen and oxygen atoms in total. The predicted molar refractivity (Wildman–Crippen MR) is 78.6 cm³/mol. The van der Waals surface area contributed by atoms with E-state index in [2.05, 4.69) is 10.6 Å². The molecule has 3 rings (SSSR count). The lowest BCUT2D eigenvalue weighted by Gasteiger charge is -2.18. The van der Waals surface area contributed by atoms with Crippen molar-refractivity contribution in [1.29, 1.82) is 0 Å². The van der Waals surface area contributed by atoms with Gasteiger partial charge in [-0.15, -0.1) is 0 Å². The number of para-hydroxylation sites is 1. The first-order valence-corrected chi connectivity index (χ1v) is 6.99. The number of amides is 1. The van der Waals surface area contributed by atoms with Crippen molar-refractivity contribution in [2.24, 2.45) is 0 Å². The van der Waals surface area contributed by atoms with Crippen LogP contribution in [0.3, 0.4) is 0 Å². The Morgan fingerprint density at radius 3 is 2.81 bits per heavy atom. The Balaban J connectivity index is 1.91. The molecule has 0 unspecified atom stereocenters. The third kappa shape index (κ3) is 2.50. The molecule has 0 saturated heterocycles. The van der Waals surface area contributed by atoms with E-state index in [1.807, 2.05) is 18.2 Å². The summed E-state index contributed by atoms with van der Waals surface area (Å²) in [4.78, 5) is 24.6. The van der Waals surface area contributed by atoms with E-state index in [0.717, 1.165) is 17.6 Å². The Kier molecular flexibility index (Phi) is 3.62. The highest BCUT2D eigenvalue weighted by Crippen LogP contribution is 2.27. The molecule has 21 heavy (non-hydrogen) atoms. The summed E-state index contributed by atoms with van der Waals surface area (Å²) in [5, 5.41) is 5.75. The van der Waals surface area contributed by atoms with Crippen LogP contribution in [0.1, 0.15) is 30.2 Å². The summed E-state index contributed by atoms with van der Waals surface area (Å²) in [6.07, 6.45) is 2.50. The molecule has 110 valence electrons. The van der Waals surface area contributed by atoms with Crippen LogP contribution in [0.2, 0.25) is 0 Å². The third-order valence-corrected chi connectivity index (χ3v) is 3.72. The molecule has 1 heterocycles. The number of anilines is 1. The van der Waals surface area contributed by atoms with Gasteiger partial charge in [-0.2, -0.15) is 0 Å². The number of carbonyl (C=O) groups is 1. The van der Waals surface area contributed by atoms with E-state index in [4.69, 9.17) is 4.52 Å². The van der Waals surface area contributed by atoms with Gasteiger partial charge in [0.25, 0.3) is 5.56 Å². The summed E-state index contributed by atoms with van der Waals surface area (Å²) in [6.45, 7) is 0. The first kappa shape index (κ1) is 13.6. The first-order chi connectivity index (χ1) is 10.2. The van der Waals surface area contributed by atoms with Gasteiger partial charge in [-0.05, 0) is 32.0 Å². The van der Waals surface area contributed by atoms with Crippen LogP contribution in [0.5, 0.6) is 0 Å². The second-order valence-electron chi connectivity index (χ2n) is 5.06. The number of fused-ring (bicyclic) bond motifs is 1. The third-order valence-electron chi connectivity index (χ3n) is 3.72. The van der Waals surface area contributed by atoms with Crippen molar-refractivity contribution in [3.8, 4) is 0 Å². The Morgan fingerprint density at radius 2 is 2.10 bits per heavy atom. The van der Waals surface area contributed by atoms with E-state index < -0.39 is 6.03 Å². The summed E-state index contributed by atoms with van der Waals surface area (Å²) in [5.74, 6) is 0.605. The van der Waals surface area contributed by atoms with Crippen LogP contribution in [0.4, 0.5) is 10.5 Å². The van der Waals surface area contributed by atoms with E-state index in [0.29, 0.717) is 23.4 Å². The average molecular weight is 287 g/mol. The molecule has 0 aliphatic heterocycles. The number of hydrogen-bond acceptors (Lipinski definition) is 4. The van der Waals surface area contributed by atoms with Crippen molar-refractivity contribution >= 4 is 11.7 Å². The van der Waals surface area contributed by atoms with E-state index >= 15 is 0 Å².